The lowest BCUT2D eigenvalue weighted by Crippen LogP contribution is -2.06. The SMILES string of the molecule is CNCc1ccc(OCc2cc(Cl)ccc2OC)c(F)c1. The summed E-state index contributed by atoms with van der Waals surface area (Å²) in [5.41, 5.74) is 1.63. The van der Waals surface area contributed by atoms with Gasteiger partial charge in [0, 0.05) is 17.1 Å². The number of benzene rings is 2. The molecule has 3 nitrogen and oxygen atoms in total. The van der Waals surface area contributed by atoms with Gasteiger partial charge < -0.3 is 14.8 Å². The third-order valence-electron chi connectivity index (χ3n) is 3.00. The predicted octanol–water partition coefficient (Wildman–Crippen LogP) is 3.79. The molecule has 0 spiro atoms. The van der Waals surface area contributed by atoms with Gasteiger partial charge in [-0.05, 0) is 42.9 Å². The largest absolute Gasteiger partial charge is 0.496 e. The average molecular weight is 310 g/mol. The van der Waals surface area contributed by atoms with Gasteiger partial charge in [-0.3, -0.25) is 0 Å². The van der Waals surface area contributed by atoms with Crippen molar-refractivity contribution >= 4 is 11.6 Å². The lowest BCUT2D eigenvalue weighted by Gasteiger charge is -2.12. The van der Waals surface area contributed by atoms with Crippen LogP contribution in [0.5, 0.6) is 11.5 Å². The molecule has 0 saturated carbocycles. The van der Waals surface area contributed by atoms with Crippen LogP contribution in [0.3, 0.4) is 0 Å². The molecule has 0 aliphatic rings. The van der Waals surface area contributed by atoms with E-state index < -0.39 is 0 Å². The van der Waals surface area contributed by atoms with Crippen molar-refractivity contribution in [1.29, 1.82) is 0 Å². The molecule has 21 heavy (non-hydrogen) atoms. The van der Waals surface area contributed by atoms with Crippen molar-refractivity contribution in [2.24, 2.45) is 0 Å². The molecule has 1 N–H and O–H groups in total. The Morgan fingerprint density at radius 3 is 2.57 bits per heavy atom. The Bertz CT molecular complexity index is 619. The molecule has 0 unspecified atom stereocenters. The van der Waals surface area contributed by atoms with Crippen LogP contribution in [-0.4, -0.2) is 14.2 Å². The Morgan fingerprint density at radius 1 is 1.14 bits per heavy atom. The molecule has 0 atom stereocenters. The highest BCUT2D eigenvalue weighted by molar-refractivity contribution is 6.30. The Morgan fingerprint density at radius 2 is 1.90 bits per heavy atom. The predicted molar refractivity (Wildman–Crippen MR) is 81.5 cm³/mol. The van der Waals surface area contributed by atoms with Gasteiger partial charge in [-0.15, -0.1) is 0 Å². The molecule has 112 valence electrons. The van der Waals surface area contributed by atoms with Gasteiger partial charge in [0.25, 0.3) is 0 Å². The summed E-state index contributed by atoms with van der Waals surface area (Å²) in [5.74, 6) is 0.479. The highest BCUT2D eigenvalue weighted by Crippen LogP contribution is 2.25. The molecule has 0 amide bonds. The first-order valence-electron chi connectivity index (χ1n) is 6.52. The van der Waals surface area contributed by atoms with Crippen molar-refractivity contribution < 1.29 is 13.9 Å². The maximum atomic E-state index is 13.9. The number of hydrogen-bond acceptors (Lipinski definition) is 3. The van der Waals surface area contributed by atoms with E-state index in [-0.39, 0.29) is 18.2 Å². The lowest BCUT2D eigenvalue weighted by molar-refractivity contribution is 0.282. The van der Waals surface area contributed by atoms with Crippen molar-refractivity contribution in [3.8, 4) is 11.5 Å². The topological polar surface area (TPSA) is 30.5 Å². The summed E-state index contributed by atoms with van der Waals surface area (Å²) < 4.78 is 24.7. The molecule has 0 saturated heterocycles. The third-order valence-corrected chi connectivity index (χ3v) is 3.24. The molecule has 0 heterocycles. The average Bonchev–Trinajstić information content (AvgIpc) is 2.47. The lowest BCUT2D eigenvalue weighted by atomic mass is 10.2. The summed E-state index contributed by atoms with van der Waals surface area (Å²) in [4.78, 5) is 0. The van der Waals surface area contributed by atoms with Crippen LogP contribution in [-0.2, 0) is 13.2 Å². The fraction of sp³-hybridized carbons (Fsp3) is 0.250. The second-order valence-corrected chi connectivity index (χ2v) is 4.98. The van der Waals surface area contributed by atoms with E-state index in [1.807, 2.05) is 13.1 Å². The second kappa shape index (κ2) is 7.29. The first kappa shape index (κ1) is 15.6. The Labute approximate surface area is 128 Å². The zero-order valence-corrected chi connectivity index (χ0v) is 12.7. The van der Waals surface area contributed by atoms with E-state index in [1.165, 1.54) is 6.07 Å². The van der Waals surface area contributed by atoms with Crippen molar-refractivity contribution in [2.75, 3.05) is 14.2 Å². The smallest absolute Gasteiger partial charge is 0.165 e. The molecular weight excluding hydrogens is 293 g/mol. The van der Waals surface area contributed by atoms with Crippen LogP contribution in [0.2, 0.25) is 5.02 Å². The van der Waals surface area contributed by atoms with Crippen molar-refractivity contribution in [2.45, 2.75) is 13.2 Å². The van der Waals surface area contributed by atoms with Crippen LogP contribution in [0.25, 0.3) is 0 Å². The van der Waals surface area contributed by atoms with Crippen LogP contribution in [0.1, 0.15) is 11.1 Å². The molecule has 0 aliphatic carbocycles. The van der Waals surface area contributed by atoms with E-state index in [1.54, 1.807) is 31.4 Å². The van der Waals surface area contributed by atoms with Gasteiger partial charge in [0.2, 0.25) is 0 Å². The van der Waals surface area contributed by atoms with Gasteiger partial charge in [-0.2, -0.15) is 0 Å². The van der Waals surface area contributed by atoms with E-state index in [2.05, 4.69) is 5.32 Å². The minimum Gasteiger partial charge on any atom is -0.496 e. The van der Waals surface area contributed by atoms with E-state index in [9.17, 15) is 4.39 Å². The van der Waals surface area contributed by atoms with E-state index >= 15 is 0 Å². The molecule has 0 aromatic heterocycles. The van der Waals surface area contributed by atoms with Crippen LogP contribution >= 0.6 is 11.6 Å². The Hall–Kier alpha value is -1.78. The Balaban J connectivity index is 2.11. The fourth-order valence-electron chi connectivity index (χ4n) is 1.99. The van der Waals surface area contributed by atoms with Crippen molar-refractivity contribution in [1.82, 2.24) is 5.32 Å². The number of halogens is 2. The van der Waals surface area contributed by atoms with Crippen LogP contribution in [0.15, 0.2) is 36.4 Å². The van der Waals surface area contributed by atoms with E-state index in [0.29, 0.717) is 17.3 Å². The molecular formula is C16H17ClFNO2. The second-order valence-electron chi connectivity index (χ2n) is 4.54. The van der Waals surface area contributed by atoms with Gasteiger partial charge in [0.15, 0.2) is 11.6 Å². The minimum atomic E-state index is -0.385. The summed E-state index contributed by atoms with van der Waals surface area (Å²) in [6, 6.07) is 10.1. The molecule has 5 heteroatoms. The number of hydrogen-bond donors (Lipinski definition) is 1. The molecule has 0 bridgehead atoms. The van der Waals surface area contributed by atoms with Gasteiger partial charge >= 0.3 is 0 Å². The molecule has 2 rings (SSSR count). The van der Waals surface area contributed by atoms with Gasteiger partial charge in [-0.1, -0.05) is 17.7 Å². The number of rotatable bonds is 6. The zero-order chi connectivity index (χ0) is 15.2. The summed E-state index contributed by atoms with van der Waals surface area (Å²) in [6.07, 6.45) is 0. The quantitative estimate of drug-likeness (QED) is 0.880. The number of ether oxygens (including phenoxy) is 2. The molecule has 0 fully saturated rings. The minimum absolute atomic E-state index is 0.187. The highest BCUT2D eigenvalue weighted by Gasteiger charge is 2.08. The highest BCUT2D eigenvalue weighted by atomic mass is 35.5. The van der Waals surface area contributed by atoms with Crippen LogP contribution in [0, 0.1) is 5.82 Å². The van der Waals surface area contributed by atoms with E-state index in [0.717, 1.165) is 11.1 Å². The first-order valence-corrected chi connectivity index (χ1v) is 6.90. The first-order chi connectivity index (χ1) is 10.1. The number of methoxy groups -OCH3 is 1. The monoisotopic (exact) mass is 309 g/mol. The standard InChI is InChI=1S/C16H17ClFNO2/c1-19-9-11-3-5-16(14(18)7-11)21-10-12-8-13(17)4-6-15(12)20-2/h3-8,19H,9-10H2,1-2H3. The van der Waals surface area contributed by atoms with Crippen molar-refractivity contribution in [3.05, 3.63) is 58.4 Å². The zero-order valence-electron chi connectivity index (χ0n) is 12.0. The summed E-state index contributed by atoms with van der Waals surface area (Å²) in [5, 5.41) is 3.55. The molecule has 2 aromatic rings. The van der Waals surface area contributed by atoms with E-state index in [4.69, 9.17) is 21.1 Å². The summed E-state index contributed by atoms with van der Waals surface area (Å²) in [7, 11) is 3.38. The summed E-state index contributed by atoms with van der Waals surface area (Å²) in [6.45, 7) is 0.797. The Kier molecular flexibility index (Phi) is 5.42. The normalized spacial score (nSPS) is 10.5. The van der Waals surface area contributed by atoms with Crippen LogP contribution < -0.4 is 14.8 Å². The number of nitrogens with one attached hydrogen (secondary N) is 1. The van der Waals surface area contributed by atoms with Crippen molar-refractivity contribution in [3.63, 3.8) is 0 Å². The maximum absolute atomic E-state index is 13.9. The third kappa shape index (κ3) is 4.09. The molecule has 2 aromatic carbocycles. The van der Waals surface area contributed by atoms with Gasteiger partial charge in [0.05, 0.1) is 7.11 Å². The molecule has 0 radical (unpaired) electrons. The van der Waals surface area contributed by atoms with Gasteiger partial charge in [0.1, 0.15) is 12.4 Å². The summed E-state index contributed by atoms with van der Waals surface area (Å²) >= 11 is 5.95. The fourth-order valence-corrected chi connectivity index (χ4v) is 2.19. The van der Waals surface area contributed by atoms with Gasteiger partial charge in [-0.25, -0.2) is 4.39 Å². The molecule has 0 aliphatic heterocycles. The van der Waals surface area contributed by atoms with Crippen LogP contribution in [0.4, 0.5) is 4.39 Å². The maximum Gasteiger partial charge on any atom is 0.165 e.